The number of hydrogen-bond donors (Lipinski definition) is 3. The Morgan fingerprint density at radius 1 is 1.35 bits per heavy atom. The molecule has 1 aliphatic rings. The molecule has 0 aliphatic heterocycles. The second-order valence-corrected chi connectivity index (χ2v) is 5.62. The fourth-order valence-corrected chi connectivity index (χ4v) is 3.25. The zero-order valence-corrected chi connectivity index (χ0v) is 12.4. The van der Waals surface area contributed by atoms with Gasteiger partial charge in [0.2, 0.25) is 0 Å². The van der Waals surface area contributed by atoms with Gasteiger partial charge in [-0.2, -0.15) is 0 Å². The first kappa shape index (κ1) is 14.7. The summed E-state index contributed by atoms with van der Waals surface area (Å²) in [7, 11) is 0. The highest BCUT2D eigenvalue weighted by molar-refractivity contribution is 5.61. The second kappa shape index (κ2) is 5.73. The smallest absolute Gasteiger partial charge is 0.330 e. The van der Waals surface area contributed by atoms with E-state index in [9.17, 15) is 9.59 Å². The molecule has 1 fully saturated rings. The van der Waals surface area contributed by atoms with E-state index in [-0.39, 0.29) is 11.9 Å². The summed E-state index contributed by atoms with van der Waals surface area (Å²) in [5, 5.41) is 3.26. The van der Waals surface area contributed by atoms with Gasteiger partial charge in [0.25, 0.3) is 5.56 Å². The number of anilines is 2. The van der Waals surface area contributed by atoms with Crippen molar-refractivity contribution in [2.75, 3.05) is 11.1 Å². The summed E-state index contributed by atoms with van der Waals surface area (Å²) in [4.78, 5) is 25.9. The van der Waals surface area contributed by atoms with Gasteiger partial charge in [0.05, 0.1) is 0 Å². The minimum Gasteiger partial charge on any atom is -0.383 e. The molecule has 6 heteroatoms. The maximum atomic E-state index is 12.0. The molecule has 0 aromatic carbocycles. The summed E-state index contributed by atoms with van der Waals surface area (Å²) >= 11 is 0. The lowest BCUT2D eigenvalue weighted by Gasteiger charge is -2.22. The molecule has 0 radical (unpaired) electrons. The van der Waals surface area contributed by atoms with E-state index in [4.69, 9.17) is 5.73 Å². The number of nitrogens with one attached hydrogen (secondary N) is 2. The second-order valence-electron chi connectivity index (χ2n) is 5.62. The number of H-pyrrole nitrogens is 1. The largest absolute Gasteiger partial charge is 0.383 e. The van der Waals surface area contributed by atoms with E-state index in [2.05, 4.69) is 24.1 Å². The van der Waals surface area contributed by atoms with Gasteiger partial charge in [0, 0.05) is 12.6 Å². The standard InChI is InChI=1S/C14H24N4O2/c1-4-9-6-7-10(8(9)3)16-11-12(15)18(5-2)14(20)17-13(11)19/h8-10,16H,4-7,15H2,1-3H3,(H,17,19,20). The molecular formula is C14H24N4O2. The van der Waals surface area contributed by atoms with Gasteiger partial charge >= 0.3 is 5.69 Å². The topological polar surface area (TPSA) is 92.9 Å². The molecule has 4 N–H and O–H groups in total. The van der Waals surface area contributed by atoms with Crippen molar-refractivity contribution >= 4 is 11.5 Å². The lowest BCUT2D eigenvalue weighted by atomic mass is 9.93. The van der Waals surface area contributed by atoms with Crippen LogP contribution in [-0.2, 0) is 6.54 Å². The quantitative estimate of drug-likeness (QED) is 0.776. The van der Waals surface area contributed by atoms with Crippen LogP contribution < -0.4 is 22.3 Å². The van der Waals surface area contributed by atoms with Crippen molar-refractivity contribution in [3.8, 4) is 0 Å². The summed E-state index contributed by atoms with van der Waals surface area (Å²) in [6.07, 6.45) is 3.35. The van der Waals surface area contributed by atoms with Crippen LogP contribution in [0.3, 0.4) is 0 Å². The van der Waals surface area contributed by atoms with Crippen LogP contribution >= 0.6 is 0 Å². The molecule has 20 heavy (non-hydrogen) atoms. The Labute approximate surface area is 118 Å². The maximum Gasteiger partial charge on any atom is 0.330 e. The van der Waals surface area contributed by atoms with Gasteiger partial charge in [-0.15, -0.1) is 0 Å². The molecule has 3 atom stereocenters. The molecule has 1 aromatic rings. The maximum absolute atomic E-state index is 12.0. The molecule has 3 unspecified atom stereocenters. The van der Waals surface area contributed by atoms with E-state index in [0.29, 0.717) is 24.1 Å². The molecule has 0 amide bonds. The van der Waals surface area contributed by atoms with Crippen molar-refractivity contribution in [3.05, 3.63) is 20.8 Å². The molecule has 0 saturated heterocycles. The molecule has 1 saturated carbocycles. The molecule has 112 valence electrons. The molecule has 0 spiro atoms. The van der Waals surface area contributed by atoms with Crippen LogP contribution in [0.15, 0.2) is 9.59 Å². The van der Waals surface area contributed by atoms with Gasteiger partial charge in [-0.05, 0) is 31.6 Å². The van der Waals surface area contributed by atoms with E-state index in [1.807, 2.05) is 6.92 Å². The first-order valence-electron chi connectivity index (χ1n) is 7.38. The summed E-state index contributed by atoms with van der Waals surface area (Å²) in [5.41, 5.74) is 5.42. The van der Waals surface area contributed by atoms with Crippen LogP contribution in [0.2, 0.25) is 0 Å². The van der Waals surface area contributed by atoms with Crippen molar-refractivity contribution < 1.29 is 0 Å². The number of nitrogens with two attached hydrogens (primary N) is 1. The number of aromatic nitrogens is 2. The SMILES string of the molecule is CCC1CCC(Nc2c(N)n(CC)c(=O)[nH]c2=O)C1C. The predicted octanol–water partition coefficient (Wildman–Crippen LogP) is 1.38. The molecule has 1 aliphatic carbocycles. The van der Waals surface area contributed by atoms with E-state index in [1.165, 1.54) is 11.0 Å². The average molecular weight is 280 g/mol. The normalized spacial score (nSPS) is 25.9. The van der Waals surface area contributed by atoms with E-state index >= 15 is 0 Å². The van der Waals surface area contributed by atoms with E-state index < -0.39 is 11.2 Å². The van der Waals surface area contributed by atoms with Gasteiger partial charge in [-0.3, -0.25) is 14.3 Å². The Morgan fingerprint density at radius 3 is 2.60 bits per heavy atom. The zero-order valence-electron chi connectivity index (χ0n) is 12.4. The van der Waals surface area contributed by atoms with Crippen LogP contribution in [0.4, 0.5) is 11.5 Å². The van der Waals surface area contributed by atoms with Crippen LogP contribution in [-0.4, -0.2) is 15.6 Å². The predicted molar refractivity (Wildman–Crippen MR) is 81.0 cm³/mol. The molecule has 1 aromatic heterocycles. The Morgan fingerprint density at radius 2 is 2.05 bits per heavy atom. The lowest BCUT2D eigenvalue weighted by Crippen LogP contribution is -2.36. The van der Waals surface area contributed by atoms with Crippen molar-refractivity contribution in [2.45, 2.75) is 52.6 Å². The molecule has 0 bridgehead atoms. The van der Waals surface area contributed by atoms with Crippen LogP contribution in [0, 0.1) is 11.8 Å². The third-order valence-electron chi connectivity index (χ3n) is 4.64. The van der Waals surface area contributed by atoms with Gasteiger partial charge < -0.3 is 11.1 Å². The number of rotatable bonds is 4. The average Bonchev–Trinajstić information content (AvgIpc) is 2.75. The fraction of sp³-hybridized carbons (Fsp3) is 0.714. The number of nitrogen functional groups attached to an aromatic ring is 1. The monoisotopic (exact) mass is 280 g/mol. The van der Waals surface area contributed by atoms with Gasteiger partial charge in [-0.1, -0.05) is 20.3 Å². The first-order chi connectivity index (χ1) is 9.49. The third kappa shape index (κ3) is 2.46. The third-order valence-corrected chi connectivity index (χ3v) is 4.64. The number of aromatic amines is 1. The molecule has 6 nitrogen and oxygen atoms in total. The van der Waals surface area contributed by atoms with E-state index in [1.54, 1.807) is 0 Å². The van der Waals surface area contributed by atoms with Gasteiger partial charge in [0.1, 0.15) is 11.5 Å². The highest BCUT2D eigenvalue weighted by atomic mass is 16.2. The van der Waals surface area contributed by atoms with Gasteiger partial charge in [-0.25, -0.2) is 4.79 Å². The first-order valence-corrected chi connectivity index (χ1v) is 7.38. The van der Waals surface area contributed by atoms with Crippen LogP contribution in [0.1, 0.15) is 40.0 Å². The molecule has 2 rings (SSSR count). The van der Waals surface area contributed by atoms with Crippen LogP contribution in [0.5, 0.6) is 0 Å². The highest BCUT2D eigenvalue weighted by Crippen LogP contribution is 2.35. The van der Waals surface area contributed by atoms with E-state index in [0.717, 1.165) is 12.8 Å². The van der Waals surface area contributed by atoms with Crippen LogP contribution in [0.25, 0.3) is 0 Å². The summed E-state index contributed by atoms with van der Waals surface area (Å²) < 4.78 is 1.38. The van der Waals surface area contributed by atoms with Crippen molar-refractivity contribution in [2.24, 2.45) is 11.8 Å². The van der Waals surface area contributed by atoms with Crippen molar-refractivity contribution in [1.82, 2.24) is 9.55 Å². The molecule has 1 heterocycles. The number of hydrogen-bond acceptors (Lipinski definition) is 4. The fourth-order valence-electron chi connectivity index (χ4n) is 3.25. The minimum atomic E-state index is -0.452. The minimum absolute atomic E-state index is 0.230. The Bertz CT molecular complexity index is 590. The Kier molecular flexibility index (Phi) is 4.20. The van der Waals surface area contributed by atoms with Crippen molar-refractivity contribution in [1.29, 1.82) is 0 Å². The summed E-state index contributed by atoms with van der Waals surface area (Å²) in [5.74, 6) is 1.42. The highest BCUT2D eigenvalue weighted by Gasteiger charge is 2.32. The number of nitrogens with zero attached hydrogens (tertiary/aromatic N) is 1. The summed E-state index contributed by atoms with van der Waals surface area (Å²) in [6.45, 7) is 6.67. The Balaban J connectivity index is 2.31. The van der Waals surface area contributed by atoms with Gasteiger partial charge in [0.15, 0.2) is 0 Å². The summed E-state index contributed by atoms with van der Waals surface area (Å²) in [6, 6.07) is 0.242. The lowest BCUT2D eigenvalue weighted by molar-refractivity contribution is 0.391. The zero-order chi connectivity index (χ0) is 14.9. The molecular weight excluding hydrogens is 256 g/mol. The Hall–Kier alpha value is -1.72. The van der Waals surface area contributed by atoms with Crippen molar-refractivity contribution in [3.63, 3.8) is 0 Å².